The molecule has 5 heteroatoms. The second-order valence-electron chi connectivity index (χ2n) is 4.56. The lowest BCUT2D eigenvalue weighted by Gasteiger charge is -2.17. The first-order chi connectivity index (χ1) is 8.31. The summed E-state index contributed by atoms with van der Waals surface area (Å²) in [4.78, 5) is 11.6. The molecule has 0 aromatic heterocycles. The molecular weight excluding hydrogens is 235 g/mol. The standard InChI is InChI=1S/C13H19FN2O2/c1-7(2)16-13(17)9(4)18-12-5-8(3)11(15)6-10(12)14/h5-7,9H,15H2,1-4H3,(H,16,17). The van der Waals surface area contributed by atoms with Gasteiger partial charge < -0.3 is 15.8 Å². The van der Waals surface area contributed by atoms with Crippen molar-refractivity contribution < 1.29 is 13.9 Å². The lowest BCUT2D eigenvalue weighted by molar-refractivity contribution is -0.127. The van der Waals surface area contributed by atoms with Crippen molar-refractivity contribution in [2.24, 2.45) is 0 Å². The Hall–Kier alpha value is -1.78. The fraction of sp³-hybridized carbons (Fsp3) is 0.462. The van der Waals surface area contributed by atoms with Crippen LogP contribution in [0.15, 0.2) is 12.1 Å². The van der Waals surface area contributed by atoms with Crippen molar-refractivity contribution in [2.45, 2.75) is 39.8 Å². The number of benzene rings is 1. The summed E-state index contributed by atoms with van der Waals surface area (Å²) < 4.78 is 18.9. The summed E-state index contributed by atoms with van der Waals surface area (Å²) in [5.74, 6) is -0.811. The normalized spacial score (nSPS) is 12.3. The molecular formula is C13H19FN2O2. The van der Waals surface area contributed by atoms with E-state index in [1.54, 1.807) is 13.8 Å². The summed E-state index contributed by atoms with van der Waals surface area (Å²) in [7, 11) is 0. The third kappa shape index (κ3) is 3.61. The summed E-state index contributed by atoms with van der Waals surface area (Å²) in [6, 6.07) is 2.70. The van der Waals surface area contributed by atoms with E-state index in [1.165, 1.54) is 12.1 Å². The van der Waals surface area contributed by atoms with Gasteiger partial charge in [-0.3, -0.25) is 4.79 Å². The molecule has 1 unspecified atom stereocenters. The van der Waals surface area contributed by atoms with Crippen LogP contribution in [-0.2, 0) is 4.79 Å². The van der Waals surface area contributed by atoms with Gasteiger partial charge >= 0.3 is 0 Å². The predicted octanol–water partition coefficient (Wildman–Crippen LogP) is 2.01. The quantitative estimate of drug-likeness (QED) is 0.808. The third-order valence-electron chi connectivity index (χ3n) is 2.42. The summed E-state index contributed by atoms with van der Waals surface area (Å²) in [6.45, 7) is 7.01. The van der Waals surface area contributed by atoms with Gasteiger partial charge in [-0.1, -0.05) is 0 Å². The maximum atomic E-state index is 13.6. The second-order valence-corrected chi connectivity index (χ2v) is 4.56. The van der Waals surface area contributed by atoms with Crippen LogP contribution in [0.1, 0.15) is 26.3 Å². The molecule has 0 saturated carbocycles. The number of anilines is 1. The SMILES string of the molecule is Cc1cc(OC(C)C(=O)NC(C)C)c(F)cc1N. The number of carbonyl (C=O) groups excluding carboxylic acids is 1. The maximum Gasteiger partial charge on any atom is 0.260 e. The molecule has 18 heavy (non-hydrogen) atoms. The molecule has 0 aliphatic heterocycles. The number of carbonyl (C=O) groups is 1. The molecule has 0 aliphatic rings. The van der Waals surface area contributed by atoms with Crippen LogP contribution in [0.5, 0.6) is 5.75 Å². The number of nitrogens with two attached hydrogens (primary N) is 1. The second kappa shape index (κ2) is 5.71. The van der Waals surface area contributed by atoms with Gasteiger partial charge in [-0.05, 0) is 39.3 Å². The van der Waals surface area contributed by atoms with Crippen LogP contribution >= 0.6 is 0 Å². The Morgan fingerprint density at radius 3 is 2.56 bits per heavy atom. The minimum absolute atomic E-state index is 0.0153. The topological polar surface area (TPSA) is 64.3 Å². The Kier molecular flexibility index (Phi) is 4.53. The Morgan fingerprint density at radius 1 is 1.39 bits per heavy atom. The number of aryl methyl sites for hydroxylation is 1. The van der Waals surface area contributed by atoms with E-state index < -0.39 is 11.9 Å². The Morgan fingerprint density at radius 2 is 2.00 bits per heavy atom. The largest absolute Gasteiger partial charge is 0.478 e. The molecule has 3 N–H and O–H groups in total. The molecule has 1 atom stereocenters. The van der Waals surface area contributed by atoms with Gasteiger partial charge in [-0.25, -0.2) is 4.39 Å². The van der Waals surface area contributed by atoms with Gasteiger partial charge in [-0.2, -0.15) is 0 Å². The number of halogens is 1. The van der Waals surface area contributed by atoms with Gasteiger partial charge in [0.1, 0.15) is 0 Å². The first kappa shape index (κ1) is 14.3. The van der Waals surface area contributed by atoms with Crippen molar-refractivity contribution in [2.75, 3.05) is 5.73 Å². The molecule has 1 rings (SSSR count). The van der Waals surface area contributed by atoms with Crippen molar-refractivity contribution >= 4 is 11.6 Å². The van der Waals surface area contributed by atoms with Crippen molar-refractivity contribution in [3.63, 3.8) is 0 Å². The molecule has 1 amide bonds. The van der Waals surface area contributed by atoms with Crippen molar-refractivity contribution in [3.8, 4) is 5.75 Å². The van der Waals surface area contributed by atoms with Gasteiger partial charge in [-0.15, -0.1) is 0 Å². The molecule has 0 bridgehead atoms. The highest BCUT2D eigenvalue weighted by Crippen LogP contribution is 2.24. The predicted molar refractivity (Wildman–Crippen MR) is 68.9 cm³/mol. The molecule has 1 aromatic carbocycles. The van der Waals surface area contributed by atoms with E-state index in [0.29, 0.717) is 11.3 Å². The molecule has 0 spiro atoms. The number of ether oxygens (including phenoxy) is 1. The number of nitrogen functional groups attached to an aromatic ring is 1. The number of rotatable bonds is 4. The lowest BCUT2D eigenvalue weighted by atomic mass is 10.2. The number of nitrogens with one attached hydrogen (secondary N) is 1. The average Bonchev–Trinajstić information content (AvgIpc) is 2.24. The molecule has 100 valence electrons. The van der Waals surface area contributed by atoms with Crippen LogP contribution in [0.4, 0.5) is 10.1 Å². The molecule has 0 heterocycles. The van der Waals surface area contributed by atoms with Crippen LogP contribution in [-0.4, -0.2) is 18.1 Å². The van der Waals surface area contributed by atoms with Crippen molar-refractivity contribution in [1.29, 1.82) is 0 Å². The molecule has 1 aromatic rings. The third-order valence-corrected chi connectivity index (χ3v) is 2.42. The van der Waals surface area contributed by atoms with Crippen LogP contribution in [0.3, 0.4) is 0 Å². The van der Waals surface area contributed by atoms with Crippen molar-refractivity contribution in [1.82, 2.24) is 5.32 Å². The van der Waals surface area contributed by atoms with E-state index in [0.717, 1.165) is 0 Å². The fourth-order valence-corrected chi connectivity index (χ4v) is 1.41. The Bertz CT molecular complexity index is 447. The minimum Gasteiger partial charge on any atom is -0.478 e. The van der Waals surface area contributed by atoms with Gasteiger partial charge in [0.15, 0.2) is 17.7 Å². The number of hydrogen-bond acceptors (Lipinski definition) is 3. The highest BCUT2D eigenvalue weighted by Gasteiger charge is 2.17. The summed E-state index contributed by atoms with van der Waals surface area (Å²) in [5.41, 5.74) is 6.64. The first-order valence-corrected chi connectivity index (χ1v) is 5.84. The number of hydrogen-bond donors (Lipinski definition) is 2. The van der Waals surface area contributed by atoms with Crippen LogP contribution in [0, 0.1) is 12.7 Å². The monoisotopic (exact) mass is 254 g/mol. The van der Waals surface area contributed by atoms with Crippen LogP contribution in [0.25, 0.3) is 0 Å². The molecule has 4 nitrogen and oxygen atoms in total. The minimum atomic E-state index is -0.759. The average molecular weight is 254 g/mol. The van der Waals surface area contributed by atoms with E-state index in [2.05, 4.69) is 5.32 Å². The van der Waals surface area contributed by atoms with E-state index in [1.807, 2.05) is 13.8 Å². The number of amides is 1. The van der Waals surface area contributed by atoms with Gasteiger partial charge in [0.05, 0.1) is 0 Å². The summed E-state index contributed by atoms with van der Waals surface area (Å²) in [6.07, 6.45) is -0.759. The molecule has 0 radical (unpaired) electrons. The highest BCUT2D eigenvalue weighted by molar-refractivity contribution is 5.80. The van der Waals surface area contributed by atoms with Gasteiger partial charge in [0.25, 0.3) is 5.91 Å². The molecule has 0 fully saturated rings. The summed E-state index contributed by atoms with van der Waals surface area (Å²) in [5, 5.41) is 2.70. The van der Waals surface area contributed by atoms with Gasteiger partial charge in [0.2, 0.25) is 0 Å². The van der Waals surface area contributed by atoms with Crippen LogP contribution < -0.4 is 15.8 Å². The zero-order valence-corrected chi connectivity index (χ0v) is 11.1. The van der Waals surface area contributed by atoms with E-state index >= 15 is 0 Å². The smallest absolute Gasteiger partial charge is 0.260 e. The fourth-order valence-electron chi connectivity index (χ4n) is 1.41. The Labute approximate surface area is 106 Å². The van der Waals surface area contributed by atoms with Gasteiger partial charge in [0, 0.05) is 17.8 Å². The molecule has 0 saturated heterocycles. The highest BCUT2D eigenvalue weighted by atomic mass is 19.1. The molecule has 0 aliphatic carbocycles. The first-order valence-electron chi connectivity index (χ1n) is 5.84. The zero-order valence-electron chi connectivity index (χ0n) is 11.1. The van der Waals surface area contributed by atoms with E-state index in [-0.39, 0.29) is 17.7 Å². The van der Waals surface area contributed by atoms with E-state index in [9.17, 15) is 9.18 Å². The summed E-state index contributed by atoms with van der Waals surface area (Å²) >= 11 is 0. The van der Waals surface area contributed by atoms with Crippen LogP contribution in [0.2, 0.25) is 0 Å². The Balaban J connectivity index is 2.79. The van der Waals surface area contributed by atoms with Crippen molar-refractivity contribution in [3.05, 3.63) is 23.5 Å². The van der Waals surface area contributed by atoms with E-state index in [4.69, 9.17) is 10.5 Å². The lowest BCUT2D eigenvalue weighted by Crippen LogP contribution is -2.40. The maximum absolute atomic E-state index is 13.6. The zero-order chi connectivity index (χ0) is 13.9.